The molecular weight excluding hydrogens is 287 g/mol. The smallest absolute Gasteiger partial charge is 0.307 e. The monoisotopic (exact) mass is 301 g/mol. The predicted octanol–water partition coefficient (Wildman–Crippen LogP) is 2.79. The molecule has 1 aromatic carbocycles. The topological polar surface area (TPSA) is 66.4 Å². The van der Waals surface area contributed by atoms with Crippen molar-refractivity contribution in [1.82, 2.24) is 0 Å². The van der Waals surface area contributed by atoms with Crippen molar-refractivity contribution in [2.75, 3.05) is 5.32 Å². The normalized spacial score (nSPS) is 24.9. The zero-order valence-electron chi connectivity index (χ0n) is 11.2. The van der Waals surface area contributed by atoms with E-state index in [1.807, 2.05) is 6.92 Å². The van der Waals surface area contributed by atoms with E-state index in [0.29, 0.717) is 25.0 Å². The Morgan fingerprint density at radius 3 is 2.29 bits per heavy atom. The van der Waals surface area contributed by atoms with Gasteiger partial charge in [-0.15, -0.1) is 0 Å². The van der Waals surface area contributed by atoms with Gasteiger partial charge in [-0.2, -0.15) is 0 Å². The molecule has 2 rings (SSSR count). The zero-order chi connectivity index (χ0) is 15.7. The molecule has 1 fully saturated rings. The highest BCUT2D eigenvalue weighted by molar-refractivity contribution is 5.95. The lowest BCUT2D eigenvalue weighted by atomic mass is 9.95. The van der Waals surface area contributed by atoms with Crippen molar-refractivity contribution in [3.05, 3.63) is 29.6 Å². The van der Waals surface area contributed by atoms with Crippen LogP contribution in [0.5, 0.6) is 0 Å². The Kier molecular flexibility index (Phi) is 4.20. The summed E-state index contributed by atoms with van der Waals surface area (Å²) < 4.78 is 39.4. The molecule has 0 aromatic heterocycles. The molecule has 0 bridgehead atoms. The maximum absolute atomic E-state index is 13.5. The highest BCUT2D eigenvalue weighted by Crippen LogP contribution is 2.37. The van der Waals surface area contributed by atoms with E-state index in [9.17, 15) is 22.8 Å². The van der Waals surface area contributed by atoms with Gasteiger partial charge in [0.05, 0.1) is 17.5 Å². The van der Waals surface area contributed by atoms with Crippen LogP contribution in [0.15, 0.2) is 12.1 Å². The number of aliphatic carboxylic acids is 1. The van der Waals surface area contributed by atoms with Gasteiger partial charge in [0.2, 0.25) is 5.91 Å². The van der Waals surface area contributed by atoms with Crippen LogP contribution in [0, 0.1) is 35.2 Å². The number of carbonyl (C=O) groups excluding carboxylic acids is 1. The molecule has 1 aliphatic carbocycles. The van der Waals surface area contributed by atoms with Crippen molar-refractivity contribution in [2.45, 2.75) is 19.8 Å². The van der Waals surface area contributed by atoms with E-state index in [0.717, 1.165) is 0 Å². The summed E-state index contributed by atoms with van der Waals surface area (Å²) in [5, 5.41) is 11.2. The number of hydrogen-bond acceptors (Lipinski definition) is 2. The summed E-state index contributed by atoms with van der Waals surface area (Å²) in [7, 11) is 0. The number of nitrogens with one attached hydrogen (secondary N) is 1. The van der Waals surface area contributed by atoms with Crippen LogP contribution in [-0.2, 0) is 9.59 Å². The summed E-state index contributed by atoms with van der Waals surface area (Å²) in [5.74, 6) is -7.17. The van der Waals surface area contributed by atoms with Crippen molar-refractivity contribution >= 4 is 17.6 Å². The Hall–Kier alpha value is -2.05. The third-order valence-corrected chi connectivity index (χ3v) is 3.72. The fourth-order valence-corrected chi connectivity index (χ4v) is 2.70. The minimum atomic E-state index is -1.36. The molecular formula is C14H14F3NO3. The number of benzene rings is 1. The number of rotatable bonds is 3. The van der Waals surface area contributed by atoms with Gasteiger partial charge >= 0.3 is 5.97 Å². The van der Waals surface area contributed by atoms with Crippen molar-refractivity contribution in [3.63, 3.8) is 0 Å². The molecule has 0 radical (unpaired) electrons. The molecule has 7 heteroatoms. The number of carboxylic acids is 1. The molecule has 0 heterocycles. The highest BCUT2D eigenvalue weighted by Gasteiger charge is 2.41. The predicted molar refractivity (Wildman–Crippen MR) is 68.0 cm³/mol. The molecule has 3 atom stereocenters. The molecule has 1 unspecified atom stereocenters. The fourth-order valence-electron chi connectivity index (χ4n) is 2.70. The number of carboxylic acid groups (broad SMARTS) is 1. The van der Waals surface area contributed by atoms with Crippen molar-refractivity contribution in [2.24, 2.45) is 17.8 Å². The van der Waals surface area contributed by atoms with Crippen LogP contribution in [0.2, 0.25) is 0 Å². The van der Waals surface area contributed by atoms with Gasteiger partial charge in [-0.25, -0.2) is 13.2 Å². The molecule has 1 saturated carbocycles. The minimum absolute atomic E-state index is 0.0525. The van der Waals surface area contributed by atoms with Crippen molar-refractivity contribution < 1.29 is 27.9 Å². The third-order valence-electron chi connectivity index (χ3n) is 3.72. The Morgan fingerprint density at radius 2 is 1.67 bits per heavy atom. The molecule has 0 saturated heterocycles. The first-order valence-electron chi connectivity index (χ1n) is 6.47. The molecule has 1 aliphatic rings. The Balaban J connectivity index is 2.18. The van der Waals surface area contributed by atoms with Crippen molar-refractivity contribution in [3.8, 4) is 0 Å². The molecule has 0 aliphatic heterocycles. The van der Waals surface area contributed by atoms with Crippen LogP contribution in [0.4, 0.5) is 18.9 Å². The quantitative estimate of drug-likeness (QED) is 0.844. The van der Waals surface area contributed by atoms with Crippen LogP contribution < -0.4 is 5.32 Å². The fraction of sp³-hybridized carbons (Fsp3) is 0.429. The molecule has 0 spiro atoms. The lowest BCUT2D eigenvalue weighted by molar-refractivity contribution is -0.145. The van der Waals surface area contributed by atoms with Crippen LogP contribution in [-0.4, -0.2) is 17.0 Å². The van der Waals surface area contributed by atoms with E-state index >= 15 is 0 Å². The van der Waals surface area contributed by atoms with E-state index in [-0.39, 0.29) is 5.92 Å². The average molecular weight is 301 g/mol. The summed E-state index contributed by atoms with van der Waals surface area (Å²) in [6.45, 7) is 1.82. The third kappa shape index (κ3) is 3.17. The Labute approximate surface area is 119 Å². The van der Waals surface area contributed by atoms with Crippen LogP contribution >= 0.6 is 0 Å². The second-order valence-corrected chi connectivity index (χ2v) is 5.36. The molecule has 21 heavy (non-hydrogen) atoms. The Morgan fingerprint density at radius 1 is 1.10 bits per heavy atom. The zero-order valence-corrected chi connectivity index (χ0v) is 11.2. The lowest BCUT2D eigenvalue weighted by Gasteiger charge is -2.16. The molecule has 4 nitrogen and oxygen atoms in total. The number of carbonyl (C=O) groups is 2. The van der Waals surface area contributed by atoms with Gasteiger partial charge in [-0.05, 0) is 18.8 Å². The van der Waals surface area contributed by atoms with Crippen molar-refractivity contribution in [1.29, 1.82) is 0 Å². The summed E-state index contributed by atoms with van der Waals surface area (Å²) in [5.41, 5.74) is -0.498. The summed E-state index contributed by atoms with van der Waals surface area (Å²) in [4.78, 5) is 23.2. The van der Waals surface area contributed by atoms with E-state index in [2.05, 4.69) is 5.32 Å². The van der Waals surface area contributed by atoms with E-state index in [4.69, 9.17) is 5.11 Å². The number of amides is 1. The van der Waals surface area contributed by atoms with Crippen LogP contribution in [0.1, 0.15) is 19.8 Å². The summed E-state index contributed by atoms with van der Waals surface area (Å²) >= 11 is 0. The summed E-state index contributed by atoms with van der Waals surface area (Å²) in [6.07, 6.45) is 0.710. The first kappa shape index (κ1) is 15.3. The van der Waals surface area contributed by atoms with E-state index in [1.165, 1.54) is 0 Å². The van der Waals surface area contributed by atoms with Crippen LogP contribution in [0.25, 0.3) is 0 Å². The van der Waals surface area contributed by atoms with E-state index < -0.39 is 46.9 Å². The van der Waals surface area contributed by atoms with E-state index in [1.54, 1.807) is 0 Å². The molecule has 114 valence electrons. The second-order valence-electron chi connectivity index (χ2n) is 5.36. The first-order chi connectivity index (χ1) is 9.79. The van der Waals surface area contributed by atoms with Gasteiger partial charge in [0, 0.05) is 12.1 Å². The van der Waals surface area contributed by atoms with Gasteiger partial charge in [0.25, 0.3) is 0 Å². The lowest BCUT2D eigenvalue weighted by Crippen LogP contribution is -2.30. The van der Waals surface area contributed by atoms with Crippen LogP contribution in [0.3, 0.4) is 0 Å². The largest absolute Gasteiger partial charge is 0.481 e. The summed E-state index contributed by atoms with van der Waals surface area (Å²) in [6, 6.07) is 0.869. The number of hydrogen-bond donors (Lipinski definition) is 2. The minimum Gasteiger partial charge on any atom is -0.481 e. The first-order valence-corrected chi connectivity index (χ1v) is 6.47. The number of anilines is 1. The van der Waals surface area contributed by atoms with Gasteiger partial charge in [0.1, 0.15) is 5.82 Å². The Bertz CT molecular complexity index is 591. The SMILES string of the molecule is CC1C[C@H](C(=O)Nc2cc(F)c(F)cc2F)[C@H](C(=O)O)C1. The molecule has 1 aromatic rings. The number of halogens is 3. The molecule has 1 amide bonds. The second kappa shape index (κ2) is 5.75. The van der Waals surface area contributed by atoms with Gasteiger partial charge in [-0.1, -0.05) is 6.92 Å². The standard InChI is InChI=1S/C14H14F3NO3/c1-6-2-7(8(3-6)14(20)21)13(19)18-12-5-10(16)9(15)4-11(12)17/h4-8H,2-3H2,1H3,(H,18,19)(H,20,21)/t6?,7-,8+/m0/s1. The van der Waals surface area contributed by atoms with Gasteiger partial charge in [-0.3, -0.25) is 9.59 Å². The molecule has 2 N–H and O–H groups in total. The van der Waals surface area contributed by atoms with Gasteiger partial charge < -0.3 is 10.4 Å². The average Bonchev–Trinajstić information content (AvgIpc) is 2.78. The van der Waals surface area contributed by atoms with Gasteiger partial charge in [0.15, 0.2) is 11.6 Å². The highest BCUT2D eigenvalue weighted by atomic mass is 19.2. The maximum Gasteiger partial charge on any atom is 0.307 e. The maximum atomic E-state index is 13.5.